The third-order valence-corrected chi connectivity index (χ3v) is 2.00. The molecule has 1 aliphatic rings. The van der Waals surface area contributed by atoms with Gasteiger partial charge < -0.3 is 19.9 Å². The maximum absolute atomic E-state index is 12.7. The molecule has 1 aromatic rings. The van der Waals surface area contributed by atoms with Crippen LogP contribution in [-0.4, -0.2) is 24.0 Å². The summed E-state index contributed by atoms with van der Waals surface area (Å²) in [5.74, 6) is -0.00631. The fraction of sp³-hybridized carbons (Fsp3) is 0.400. The first kappa shape index (κ1) is 10.9. The quantitative estimate of drug-likeness (QED) is 0.832. The van der Waals surface area contributed by atoms with Crippen LogP contribution in [0.15, 0.2) is 18.2 Å². The predicted octanol–water partition coefficient (Wildman–Crippen LogP) is 1.80. The normalized spacial score (nSPS) is 18.2. The lowest BCUT2D eigenvalue weighted by atomic mass is 10.2. The zero-order valence-corrected chi connectivity index (χ0v) is 8.54. The van der Waals surface area contributed by atoms with E-state index < -0.39 is 12.4 Å². The van der Waals surface area contributed by atoms with Gasteiger partial charge in [0.25, 0.3) is 0 Å². The summed E-state index contributed by atoms with van der Waals surface area (Å²) in [5, 5.41) is 11.9. The van der Waals surface area contributed by atoms with Crippen LogP contribution in [0.2, 0.25) is 0 Å². The second-order valence-electron chi connectivity index (χ2n) is 3.56. The minimum absolute atomic E-state index is 0.00703. The van der Waals surface area contributed by atoms with E-state index >= 15 is 0 Å². The van der Waals surface area contributed by atoms with Crippen LogP contribution >= 0.6 is 0 Å². The number of hydrogen-bond donors (Lipinski definition) is 2. The first-order valence-electron chi connectivity index (χ1n) is 4.78. The van der Waals surface area contributed by atoms with Gasteiger partial charge in [-0.2, -0.15) is 0 Å². The monoisotopic (exact) mass is 231 g/mol. The Bertz CT molecular complexity index is 396. The third kappa shape index (κ3) is 2.33. The molecule has 6 heteroatoms. The molecule has 2 rings (SSSR count). The number of rotatable bonds is 3. The van der Waals surface area contributed by atoms with Crippen LogP contribution < -0.4 is 14.8 Å². The Hall–Kier alpha value is -1.56. The molecule has 1 atom stereocenters. The van der Waals surface area contributed by atoms with Gasteiger partial charge in [0, 0.05) is 18.3 Å². The van der Waals surface area contributed by atoms with Crippen LogP contribution in [0.5, 0.6) is 11.5 Å². The molecule has 0 aliphatic carbocycles. The fourth-order valence-electron chi connectivity index (χ4n) is 1.32. The van der Waals surface area contributed by atoms with E-state index in [1.807, 2.05) is 0 Å². The van der Waals surface area contributed by atoms with Crippen LogP contribution in [0.25, 0.3) is 0 Å². The molecule has 1 aliphatic heterocycles. The van der Waals surface area contributed by atoms with Crippen molar-refractivity contribution >= 4 is 5.69 Å². The Balaban J connectivity index is 2.10. The summed E-state index contributed by atoms with van der Waals surface area (Å²) in [6, 6.07) is 4.37. The maximum atomic E-state index is 12.7. The smallest absolute Gasteiger partial charge is 0.395 e. The van der Waals surface area contributed by atoms with E-state index in [1.165, 1.54) is 12.1 Å². The second kappa shape index (κ2) is 3.79. The molecule has 0 aromatic heterocycles. The van der Waals surface area contributed by atoms with Crippen LogP contribution in [-0.2, 0) is 0 Å². The second-order valence-corrected chi connectivity index (χ2v) is 3.56. The van der Waals surface area contributed by atoms with Gasteiger partial charge in [0.1, 0.15) is 0 Å². The first-order chi connectivity index (χ1) is 7.46. The van der Waals surface area contributed by atoms with E-state index in [0.29, 0.717) is 12.2 Å². The van der Waals surface area contributed by atoms with Gasteiger partial charge in [0.15, 0.2) is 11.5 Å². The minimum atomic E-state index is -3.59. The van der Waals surface area contributed by atoms with Crippen LogP contribution in [0.3, 0.4) is 0 Å². The summed E-state index contributed by atoms with van der Waals surface area (Å²) in [7, 11) is 0. The van der Waals surface area contributed by atoms with Gasteiger partial charge in [-0.1, -0.05) is 0 Å². The highest BCUT2D eigenvalue weighted by Crippen LogP contribution is 2.42. The number of aliphatic hydroxyl groups is 1. The molecule has 0 bridgehead atoms. The first-order valence-corrected chi connectivity index (χ1v) is 4.78. The number of fused-ring (bicyclic) bond motifs is 1. The van der Waals surface area contributed by atoms with E-state index in [0.717, 1.165) is 0 Å². The van der Waals surface area contributed by atoms with E-state index in [1.54, 1.807) is 13.0 Å². The SMILES string of the molecule is C[C@@H](O)CNc1ccc2c(c1)OC(F)(F)O2. The summed E-state index contributed by atoms with van der Waals surface area (Å²) in [5.41, 5.74) is 0.584. The lowest BCUT2D eigenvalue weighted by molar-refractivity contribution is -0.286. The number of anilines is 1. The molecule has 0 spiro atoms. The highest BCUT2D eigenvalue weighted by atomic mass is 19.3. The van der Waals surface area contributed by atoms with Gasteiger partial charge in [-0.3, -0.25) is 0 Å². The van der Waals surface area contributed by atoms with Gasteiger partial charge in [-0.15, -0.1) is 8.78 Å². The Morgan fingerprint density at radius 2 is 2.06 bits per heavy atom. The average molecular weight is 231 g/mol. The highest BCUT2D eigenvalue weighted by Gasteiger charge is 2.43. The third-order valence-electron chi connectivity index (χ3n) is 2.00. The number of halogens is 2. The molecule has 88 valence electrons. The number of benzene rings is 1. The van der Waals surface area contributed by atoms with Crippen molar-refractivity contribution < 1.29 is 23.4 Å². The van der Waals surface area contributed by atoms with E-state index in [4.69, 9.17) is 5.11 Å². The van der Waals surface area contributed by atoms with Crippen molar-refractivity contribution in [3.63, 3.8) is 0 Å². The van der Waals surface area contributed by atoms with Gasteiger partial charge in [-0.05, 0) is 19.1 Å². The van der Waals surface area contributed by atoms with Gasteiger partial charge >= 0.3 is 6.29 Å². The topological polar surface area (TPSA) is 50.7 Å². The summed E-state index contributed by atoms with van der Waals surface area (Å²) < 4.78 is 33.9. The zero-order valence-electron chi connectivity index (χ0n) is 8.54. The van der Waals surface area contributed by atoms with Crippen LogP contribution in [0, 0.1) is 0 Å². The van der Waals surface area contributed by atoms with Crippen molar-refractivity contribution in [3.05, 3.63) is 18.2 Å². The molecule has 0 unspecified atom stereocenters. The van der Waals surface area contributed by atoms with Crippen LogP contribution in [0.4, 0.5) is 14.5 Å². The lowest BCUT2D eigenvalue weighted by Gasteiger charge is -2.08. The molecule has 4 nitrogen and oxygen atoms in total. The molecule has 0 fully saturated rings. The molecule has 0 saturated carbocycles. The summed E-state index contributed by atoms with van der Waals surface area (Å²) in [6.07, 6.45) is -4.11. The Labute approximate surface area is 90.8 Å². The van der Waals surface area contributed by atoms with Gasteiger partial charge in [0.2, 0.25) is 0 Å². The number of nitrogens with one attached hydrogen (secondary N) is 1. The Kier molecular flexibility index (Phi) is 2.59. The molecule has 2 N–H and O–H groups in total. The number of alkyl halides is 2. The molecule has 0 radical (unpaired) electrons. The van der Waals surface area contributed by atoms with Crippen molar-refractivity contribution in [1.82, 2.24) is 0 Å². The average Bonchev–Trinajstić information content (AvgIpc) is 2.47. The van der Waals surface area contributed by atoms with Crippen molar-refractivity contribution in [2.45, 2.75) is 19.3 Å². The molecule has 0 amide bonds. The standard InChI is InChI=1S/C10H11F2NO3/c1-6(14)5-13-7-2-3-8-9(4-7)16-10(11,12)15-8/h2-4,6,13-14H,5H2,1H3/t6-/m1/s1. The molecule has 1 heterocycles. The molecule has 1 aromatic carbocycles. The Morgan fingerprint density at radius 3 is 2.75 bits per heavy atom. The summed E-state index contributed by atoms with van der Waals surface area (Å²) in [6.45, 7) is 1.95. The zero-order chi connectivity index (χ0) is 11.8. The summed E-state index contributed by atoms with van der Waals surface area (Å²) in [4.78, 5) is 0. The number of aliphatic hydroxyl groups excluding tert-OH is 1. The maximum Gasteiger partial charge on any atom is 0.586 e. The van der Waals surface area contributed by atoms with Gasteiger partial charge in [-0.25, -0.2) is 0 Å². The van der Waals surface area contributed by atoms with E-state index in [-0.39, 0.29) is 11.5 Å². The highest BCUT2D eigenvalue weighted by molar-refractivity contribution is 5.55. The Morgan fingerprint density at radius 1 is 1.38 bits per heavy atom. The van der Waals surface area contributed by atoms with E-state index in [9.17, 15) is 8.78 Å². The van der Waals surface area contributed by atoms with Crippen molar-refractivity contribution in [2.24, 2.45) is 0 Å². The van der Waals surface area contributed by atoms with Crippen molar-refractivity contribution in [3.8, 4) is 11.5 Å². The molecular formula is C10H11F2NO3. The minimum Gasteiger partial charge on any atom is -0.395 e. The number of ether oxygens (including phenoxy) is 2. The molecular weight excluding hydrogens is 220 g/mol. The predicted molar refractivity (Wildman–Crippen MR) is 52.8 cm³/mol. The molecule has 16 heavy (non-hydrogen) atoms. The summed E-state index contributed by atoms with van der Waals surface area (Å²) >= 11 is 0. The number of hydrogen-bond acceptors (Lipinski definition) is 4. The largest absolute Gasteiger partial charge is 0.586 e. The van der Waals surface area contributed by atoms with Crippen LogP contribution in [0.1, 0.15) is 6.92 Å². The lowest BCUT2D eigenvalue weighted by Crippen LogP contribution is -2.25. The fourth-order valence-corrected chi connectivity index (χ4v) is 1.32. The van der Waals surface area contributed by atoms with Crippen molar-refractivity contribution in [1.29, 1.82) is 0 Å². The molecule has 0 saturated heterocycles. The van der Waals surface area contributed by atoms with E-state index in [2.05, 4.69) is 14.8 Å². The van der Waals surface area contributed by atoms with Crippen molar-refractivity contribution in [2.75, 3.05) is 11.9 Å². The van der Waals surface area contributed by atoms with Gasteiger partial charge in [0.05, 0.1) is 6.10 Å².